The molecule has 2 N–H and O–H groups in total. The van der Waals surface area contributed by atoms with Crippen LogP contribution in [0.1, 0.15) is 30.1 Å². The van der Waals surface area contributed by atoms with Gasteiger partial charge in [-0.1, -0.05) is 18.2 Å². The Labute approximate surface area is 172 Å². The van der Waals surface area contributed by atoms with Gasteiger partial charge >= 0.3 is 5.97 Å². The number of nitrogens with zero attached hydrogens (tertiary/aromatic N) is 2. The van der Waals surface area contributed by atoms with E-state index in [9.17, 15) is 25.0 Å². The number of rotatable bonds is 8. The molecule has 0 saturated heterocycles. The first-order chi connectivity index (χ1) is 14.3. The number of para-hydroxylation sites is 1. The molecule has 0 heterocycles. The van der Waals surface area contributed by atoms with Crippen LogP contribution in [0.25, 0.3) is 0 Å². The van der Waals surface area contributed by atoms with Crippen molar-refractivity contribution in [2.75, 3.05) is 11.9 Å². The number of carbonyl (C=O) groups excluding carboxylic acids is 2. The summed E-state index contributed by atoms with van der Waals surface area (Å²) in [5.41, 5.74) is -0.479. The number of ether oxygens (including phenoxy) is 1. The highest BCUT2D eigenvalue weighted by atomic mass is 16.6. The Morgan fingerprint density at radius 3 is 2.57 bits per heavy atom. The maximum absolute atomic E-state index is 12.3. The second-order valence-corrected chi connectivity index (χ2v) is 7.19. The first kappa shape index (κ1) is 20.8. The SMILES string of the molecule is C[C@](C#N)(NC(=O)COC(=O)c1ccc(Nc2ccccc2)c([N+](=O)[O-])c1)C1CC1. The fraction of sp³-hybridized carbons (Fsp3) is 0.286. The number of esters is 1. The Hall–Kier alpha value is -3.93. The molecule has 1 atom stereocenters. The molecule has 30 heavy (non-hydrogen) atoms. The monoisotopic (exact) mass is 408 g/mol. The van der Waals surface area contributed by atoms with Crippen LogP contribution in [0.3, 0.4) is 0 Å². The fourth-order valence-corrected chi connectivity index (χ4v) is 3.01. The van der Waals surface area contributed by atoms with Crippen molar-refractivity contribution in [1.29, 1.82) is 5.26 Å². The zero-order valence-electron chi connectivity index (χ0n) is 16.3. The van der Waals surface area contributed by atoms with E-state index in [0.29, 0.717) is 5.69 Å². The number of hydrogen-bond acceptors (Lipinski definition) is 7. The average Bonchev–Trinajstić information content (AvgIpc) is 3.59. The van der Waals surface area contributed by atoms with Crippen LogP contribution in [0.4, 0.5) is 17.1 Å². The Morgan fingerprint density at radius 2 is 1.97 bits per heavy atom. The number of anilines is 2. The van der Waals surface area contributed by atoms with Crippen molar-refractivity contribution in [3.63, 3.8) is 0 Å². The molecule has 1 amide bonds. The van der Waals surface area contributed by atoms with E-state index >= 15 is 0 Å². The molecular weight excluding hydrogens is 388 g/mol. The van der Waals surface area contributed by atoms with Gasteiger partial charge in [-0.05, 0) is 49.9 Å². The molecule has 0 radical (unpaired) electrons. The third-order valence-electron chi connectivity index (χ3n) is 4.84. The van der Waals surface area contributed by atoms with Crippen molar-refractivity contribution in [3.05, 3.63) is 64.2 Å². The smallest absolute Gasteiger partial charge is 0.338 e. The van der Waals surface area contributed by atoms with Gasteiger partial charge in [0.1, 0.15) is 11.2 Å². The van der Waals surface area contributed by atoms with Gasteiger partial charge in [-0.25, -0.2) is 4.79 Å². The number of carbonyl (C=O) groups is 2. The Bertz CT molecular complexity index is 1010. The summed E-state index contributed by atoms with van der Waals surface area (Å²) < 4.78 is 4.97. The predicted octanol–water partition coefficient (Wildman–Crippen LogP) is 3.30. The second-order valence-electron chi connectivity index (χ2n) is 7.19. The highest BCUT2D eigenvalue weighted by Gasteiger charge is 2.43. The van der Waals surface area contributed by atoms with E-state index in [0.717, 1.165) is 18.9 Å². The number of nitro groups is 1. The van der Waals surface area contributed by atoms with Crippen molar-refractivity contribution in [3.8, 4) is 6.07 Å². The maximum Gasteiger partial charge on any atom is 0.338 e. The minimum atomic E-state index is -0.993. The van der Waals surface area contributed by atoms with Crippen LogP contribution in [0.2, 0.25) is 0 Å². The topological polar surface area (TPSA) is 134 Å². The van der Waals surface area contributed by atoms with Gasteiger partial charge in [0.05, 0.1) is 16.6 Å². The molecule has 0 aromatic heterocycles. The lowest BCUT2D eigenvalue weighted by molar-refractivity contribution is -0.383. The van der Waals surface area contributed by atoms with E-state index in [1.807, 2.05) is 6.07 Å². The lowest BCUT2D eigenvalue weighted by atomic mass is 9.98. The molecule has 1 aliphatic rings. The van der Waals surface area contributed by atoms with Crippen molar-refractivity contribution >= 4 is 28.9 Å². The molecule has 9 nitrogen and oxygen atoms in total. The largest absolute Gasteiger partial charge is 0.452 e. The predicted molar refractivity (Wildman–Crippen MR) is 108 cm³/mol. The van der Waals surface area contributed by atoms with E-state index in [1.165, 1.54) is 12.1 Å². The fourth-order valence-electron chi connectivity index (χ4n) is 3.01. The van der Waals surface area contributed by atoms with Crippen molar-refractivity contribution in [1.82, 2.24) is 5.32 Å². The molecule has 1 aliphatic carbocycles. The quantitative estimate of drug-likeness (QED) is 0.389. The lowest BCUT2D eigenvalue weighted by Crippen LogP contribution is -2.48. The maximum atomic E-state index is 12.3. The first-order valence-corrected chi connectivity index (χ1v) is 9.32. The van der Waals surface area contributed by atoms with Crippen molar-refractivity contribution < 1.29 is 19.2 Å². The molecule has 0 aliphatic heterocycles. The summed E-state index contributed by atoms with van der Waals surface area (Å²) in [5, 5.41) is 26.2. The van der Waals surface area contributed by atoms with Crippen LogP contribution in [-0.4, -0.2) is 28.9 Å². The average molecular weight is 408 g/mol. The van der Waals surface area contributed by atoms with Gasteiger partial charge in [0.15, 0.2) is 6.61 Å². The molecule has 2 aromatic rings. The molecule has 0 spiro atoms. The van der Waals surface area contributed by atoms with Crippen LogP contribution < -0.4 is 10.6 Å². The summed E-state index contributed by atoms with van der Waals surface area (Å²) in [6, 6.07) is 14.8. The molecule has 0 unspecified atom stereocenters. The summed E-state index contributed by atoms with van der Waals surface area (Å²) in [5.74, 6) is -1.38. The highest BCUT2D eigenvalue weighted by Crippen LogP contribution is 2.39. The first-order valence-electron chi connectivity index (χ1n) is 9.32. The van der Waals surface area contributed by atoms with Gasteiger partial charge in [0.2, 0.25) is 0 Å². The molecule has 9 heteroatoms. The summed E-state index contributed by atoms with van der Waals surface area (Å²) in [4.78, 5) is 35.1. The van der Waals surface area contributed by atoms with E-state index in [-0.39, 0.29) is 22.9 Å². The molecule has 1 saturated carbocycles. The molecule has 154 valence electrons. The van der Waals surface area contributed by atoms with Gasteiger partial charge < -0.3 is 15.4 Å². The number of benzene rings is 2. The number of nitrogens with one attached hydrogen (secondary N) is 2. The summed E-state index contributed by atoms with van der Waals surface area (Å²) in [6.45, 7) is 1.05. The molecular formula is C21H20N4O5. The molecule has 1 fully saturated rings. The number of nitriles is 1. The van der Waals surface area contributed by atoms with Crippen LogP contribution in [0.5, 0.6) is 0 Å². The van der Waals surface area contributed by atoms with Gasteiger partial charge in [0, 0.05) is 11.8 Å². The van der Waals surface area contributed by atoms with Crippen molar-refractivity contribution in [2.45, 2.75) is 25.3 Å². The normalized spacial score (nSPS) is 14.7. The third kappa shape index (κ3) is 4.91. The van der Waals surface area contributed by atoms with Crippen LogP contribution >= 0.6 is 0 Å². The number of amides is 1. The lowest BCUT2D eigenvalue weighted by Gasteiger charge is -2.22. The second kappa shape index (κ2) is 8.61. The van der Waals surface area contributed by atoms with Crippen LogP contribution in [0, 0.1) is 27.4 Å². The summed E-state index contributed by atoms with van der Waals surface area (Å²) >= 11 is 0. The third-order valence-corrected chi connectivity index (χ3v) is 4.84. The number of nitro benzene ring substituents is 1. The molecule has 3 rings (SSSR count). The van der Waals surface area contributed by atoms with Gasteiger partial charge in [-0.3, -0.25) is 14.9 Å². The summed E-state index contributed by atoms with van der Waals surface area (Å²) in [6.07, 6.45) is 1.72. The van der Waals surface area contributed by atoms with E-state index in [2.05, 4.69) is 16.7 Å². The number of hydrogen-bond donors (Lipinski definition) is 2. The van der Waals surface area contributed by atoms with Gasteiger partial charge in [-0.2, -0.15) is 5.26 Å². The Kier molecular flexibility index (Phi) is 5.97. The zero-order chi connectivity index (χ0) is 21.7. The van der Waals surface area contributed by atoms with E-state index in [1.54, 1.807) is 31.2 Å². The van der Waals surface area contributed by atoms with Gasteiger partial charge in [0.25, 0.3) is 11.6 Å². The highest BCUT2D eigenvalue weighted by molar-refractivity contribution is 5.93. The Balaban J connectivity index is 1.65. The summed E-state index contributed by atoms with van der Waals surface area (Å²) in [7, 11) is 0. The minimum absolute atomic E-state index is 0.0571. The Morgan fingerprint density at radius 1 is 1.27 bits per heavy atom. The molecule has 2 aromatic carbocycles. The van der Waals surface area contributed by atoms with Crippen molar-refractivity contribution in [2.24, 2.45) is 5.92 Å². The van der Waals surface area contributed by atoms with E-state index < -0.39 is 28.9 Å². The van der Waals surface area contributed by atoms with Crippen LogP contribution in [-0.2, 0) is 9.53 Å². The van der Waals surface area contributed by atoms with Gasteiger partial charge in [-0.15, -0.1) is 0 Å². The molecule has 0 bridgehead atoms. The zero-order valence-corrected chi connectivity index (χ0v) is 16.3. The standard InChI is InChI=1S/C21H20N4O5/c1-21(13-22,15-8-9-15)24-19(26)12-30-20(27)14-7-10-17(18(11-14)25(28)29)23-16-5-3-2-4-6-16/h2-7,10-11,15,23H,8-9,12H2,1H3,(H,24,26)/t21-/m1/s1. The van der Waals surface area contributed by atoms with Crippen LogP contribution in [0.15, 0.2) is 48.5 Å². The minimum Gasteiger partial charge on any atom is -0.452 e. The van der Waals surface area contributed by atoms with E-state index in [4.69, 9.17) is 4.74 Å².